The van der Waals surface area contributed by atoms with E-state index >= 15 is 0 Å². The number of hydrogen-bond donors (Lipinski definition) is 1. The van der Waals surface area contributed by atoms with E-state index in [9.17, 15) is 4.79 Å². The van der Waals surface area contributed by atoms with Crippen molar-refractivity contribution in [3.8, 4) is 5.82 Å². The second-order valence-electron chi connectivity index (χ2n) is 4.87. The number of rotatable bonds is 2. The normalized spacial score (nSPS) is 14.8. The monoisotopic (exact) mass is 272 g/mol. The SMILES string of the molecule is Cc1cc(-n2ncc(C(=O)N3CCCC3)c2N)ncn1. The van der Waals surface area contributed by atoms with Crippen molar-refractivity contribution in [3.05, 3.63) is 29.8 Å². The summed E-state index contributed by atoms with van der Waals surface area (Å²) in [6.45, 7) is 3.44. The lowest BCUT2D eigenvalue weighted by atomic mass is 10.3. The van der Waals surface area contributed by atoms with Crippen LogP contribution < -0.4 is 5.73 Å². The van der Waals surface area contributed by atoms with Gasteiger partial charge in [-0.25, -0.2) is 9.97 Å². The average molecular weight is 272 g/mol. The molecular formula is C13H16N6O. The molecular weight excluding hydrogens is 256 g/mol. The van der Waals surface area contributed by atoms with E-state index in [2.05, 4.69) is 15.1 Å². The molecule has 2 aromatic heterocycles. The average Bonchev–Trinajstić information content (AvgIpc) is 3.07. The summed E-state index contributed by atoms with van der Waals surface area (Å²) in [5, 5.41) is 4.17. The Kier molecular flexibility index (Phi) is 3.09. The third kappa shape index (κ3) is 2.11. The molecule has 0 aromatic carbocycles. The van der Waals surface area contributed by atoms with Crippen molar-refractivity contribution in [1.29, 1.82) is 0 Å². The molecule has 0 atom stereocenters. The summed E-state index contributed by atoms with van der Waals surface area (Å²) >= 11 is 0. The highest BCUT2D eigenvalue weighted by Crippen LogP contribution is 2.19. The van der Waals surface area contributed by atoms with Crippen molar-refractivity contribution in [1.82, 2.24) is 24.6 Å². The molecule has 0 saturated carbocycles. The van der Waals surface area contributed by atoms with Gasteiger partial charge < -0.3 is 10.6 Å². The fraction of sp³-hybridized carbons (Fsp3) is 0.385. The van der Waals surface area contributed by atoms with Crippen LogP contribution in [0, 0.1) is 6.92 Å². The molecule has 1 saturated heterocycles. The van der Waals surface area contributed by atoms with Gasteiger partial charge in [-0.05, 0) is 19.8 Å². The van der Waals surface area contributed by atoms with Gasteiger partial charge in [0.05, 0.1) is 6.20 Å². The quantitative estimate of drug-likeness (QED) is 0.872. The first-order valence-electron chi connectivity index (χ1n) is 6.58. The van der Waals surface area contributed by atoms with Crippen LogP contribution in [0.25, 0.3) is 5.82 Å². The largest absolute Gasteiger partial charge is 0.383 e. The molecule has 0 spiro atoms. The molecule has 20 heavy (non-hydrogen) atoms. The number of likely N-dealkylation sites (tertiary alicyclic amines) is 1. The van der Waals surface area contributed by atoms with Crippen LogP contribution in [0.15, 0.2) is 18.6 Å². The number of anilines is 1. The van der Waals surface area contributed by atoms with Crippen molar-refractivity contribution in [2.24, 2.45) is 0 Å². The van der Waals surface area contributed by atoms with E-state index in [1.807, 2.05) is 11.8 Å². The number of hydrogen-bond acceptors (Lipinski definition) is 5. The zero-order chi connectivity index (χ0) is 14.1. The predicted octanol–water partition coefficient (Wildman–Crippen LogP) is 0.789. The van der Waals surface area contributed by atoms with Crippen LogP contribution in [-0.4, -0.2) is 43.6 Å². The van der Waals surface area contributed by atoms with E-state index < -0.39 is 0 Å². The van der Waals surface area contributed by atoms with Crippen LogP contribution in [0.5, 0.6) is 0 Å². The van der Waals surface area contributed by atoms with Gasteiger partial charge in [0.1, 0.15) is 17.7 Å². The fourth-order valence-corrected chi connectivity index (χ4v) is 2.35. The molecule has 0 aliphatic carbocycles. The van der Waals surface area contributed by atoms with Gasteiger partial charge in [-0.15, -0.1) is 0 Å². The summed E-state index contributed by atoms with van der Waals surface area (Å²) in [7, 11) is 0. The minimum Gasteiger partial charge on any atom is -0.383 e. The molecule has 1 aliphatic heterocycles. The van der Waals surface area contributed by atoms with Crippen molar-refractivity contribution >= 4 is 11.7 Å². The van der Waals surface area contributed by atoms with Crippen LogP contribution in [0.1, 0.15) is 28.9 Å². The minimum absolute atomic E-state index is 0.0583. The molecule has 7 heteroatoms. The summed E-state index contributed by atoms with van der Waals surface area (Å²) in [5.41, 5.74) is 7.30. The first kappa shape index (κ1) is 12.6. The Morgan fingerprint density at radius 2 is 2.05 bits per heavy atom. The Balaban J connectivity index is 1.94. The van der Waals surface area contributed by atoms with Crippen molar-refractivity contribution < 1.29 is 4.79 Å². The summed E-state index contributed by atoms with van der Waals surface area (Å²) in [4.78, 5) is 22.3. The molecule has 1 aliphatic rings. The fourth-order valence-electron chi connectivity index (χ4n) is 2.35. The lowest BCUT2D eigenvalue weighted by Gasteiger charge is -2.14. The number of carbonyl (C=O) groups excluding carboxylic acids is 1. The lowest BCUT2D eigenvalue weighted by Crippen LogP contribution is -2.28. The molecule has 7 nitrogen and oxygen atoms in total. The van der Waals surface area contributed by atoms with Gasteiger partial charge in [0.25, 0.3) is 5.91 Å². The van der Waals surface area contributed by atoms with Gasteiger partial charge in [-0.1, -0.05) is 0 Å². The number of nitrogens with two attached hydrogens (primary N) is 1. The van der Waals surface area contributed by atoms with E-state index in [4.69, 9.17) is 5.73 Å². The standard InChI is InChI=1S/C13H16N6O/c1-9-6-11(16-8-15-9)19-12(14)10(7-17-19)13(20)18-4-2-3-5-18/h6-8H,2-5,14H2,1H3. The minimum atomic E-state index is -0.0583. The Bertz CT molecular complexity index is 644. The second-order valence-corrected chi connectivity index (χ2v) is 4.87. The first-order valence-corrected chi connectivity index (χ1v) is 6.58. The van der Waals surface area contributed by atoms with E-state index in [1.165, 1.54) is 17.2 Å². The topological polar surface area (TPSA) is 89.9 Å². The van der Waals surface area contributed by atoms with Crippen molar-refractivity contribution in [2.45, 2.75) is 19.8 Å². The Morgan fingerprint density at radius 1 is 1.30 bits per heavy atom. The molecule has 104 valence electrons. The second kappa shape index (κ2) is 4.92. The van der Waals surface area contributed by atoms with Gasteiger partial charge in [0.15, 0.2) is 5.82 Å². The lowest BCUT2D eigenvalue weighted by molar-refractivity contribution is 0.0794. The van der Waals surface area contributed by atoms with E-state index in [0.29, 0.717) is 17.2 Å². The predicted molar refractivity (Wildman–Crippen MR) is 73.4 cm³/mol. The molecule has 1 fully saturated rings. The van der Waals surface area contributed by atoms with Gasteiger partial charge in [-0.3, -0.25) is 4.79 Å². The maximum atomic E-state index is 12.3. The van der Waals surface area contributed by atoms with Crippen LogP contribution in [0.3, 0.4) is 0 Å². The van der Waals surface area contributed by atoms with Crippen LogP contribution >= 0.6 is 0 Å². The third-order valence-corrected chi connectivity index (χ3v) is 3.44. The van der Waals surface area contributed by atoms with Crippen LogP contribution in [0.4, 0.5) is 5.82 Å². The first-order chi connectivity index (χ1) is 9.66. The maximum absolute atomic E-state index is 12.3. The van der Waals surface area contributed by atoms with E-state index in [1.54, 1.807) is 6.07 Å². The molecule has 0 radical (unpaired) electrons. The Labute approximate surface area is 116 Å². The summed E-state index contributed by atoms with van der Waals surface area (Å²) < 4.78 is 1.47. The highest BCUT2D eigenvalue weighted by molar-refractivity contribution is 5.98. The molecule has 1 amide bonds. The molecule has 0 unspecified atom stereocenters. The summed E-state index contributed by atoms with van der Waals surface area (Å²) in [6.07, 6.45) is 5.05. The van der Waals surface area contributed by atoms with E-state index in [0.717, 1.165) is 31.6 Å². The van der Waals surface area contributed by atoms with Gasteiger partial charge in [0, 0.05) is 24.8 Å². The smallest absolute Gasteiger partial charge is 0.259 e. The summed E-state index contributed by atoms with van der Waals surface area (Å²) in [5.74, 6) is 0.826. The zero-order valence-corrected chi connectivity index (χ0v) is 11.3. The third-order valence-electron chi connectivity index (χ3n) is 3.44. The Hall–Kier alpha value is -2.44. The summed E-state index contributed by atoms with van der Waals surface area (Å²) in [6, 6.07) is 1.77. The molecule has 0 bridgehead atoms. The highest BCUT2D eigenvalue weighted by Gasteiger charge is 2.24. The zero-order valence-electron chi connectivity index (χ0n) is 11.3. The number of amides is 1. The Morgan fingerprint density at radius 3 is 2.75 bits per heavy atom. The molecule has 2 aromatic rings. The number of carbonyl (C=O) groups is 1. The highest BCUT2D eigenvalue weighted by atomic mass is 16.2. The van der Waals surface area contributed by atoms with Gasteiger partial charge in [0.2, 0.25) is 0 Å². The molecule has 2 N–H and O–H groups in total. The van der Waals surface area contributed by atoms with Crippen LogP contribution in [0.2, 0.25) is 0 Å². The number of nitrogen functional groups attached to an aromatic ring is 1. The number of nitrogens with zero attached hydrogens (tertiary/aromatic N) is 5. The van der Waals surface area contributed by atoms with Gasteiger partial charge in [-0.2, -0.15) is 9.78 Å². The van der Waals surface area contributed by atoms with Crippen molar-refractivity contribution in [2.75, 3.05) is 18.8 Å². The number of aromatic nitrogens is 4. The number of aryl methyl sites for hydroxylation is 1. The molecule has 3 rings (SSSR count). The van der Waals surface area contributed by atoms with E-state index in [-0.39, 0.29) is 5.91 Å². The maximum Gasteiger partial charge on any atom is 0.259 e. The molecule has 3 heterocycles. The van der Waals surface area contributed by atoms with Crippen molar-refractivity contribution in [3.63, 3.8) is 0 Å². The van der Waals surface area contributed by atoms with Crippen LogP contribution in [-0.2, 0) is 0 Å². The van der Waals surface area contributed by atoms with Gasteiger partial charge >= 0.3 is 0 Å².